The first-order valence-corrected chi connectivity index (χ1v) is 4.88. The number of aromatic carboxylic acids is 1. The van der Waals surface area contributed by atoms with Crippen molar-refractivity contribution in [1.29, 1.82) is 0 Å². The van der Waals surface area contributed by atoms with E-state index in [1.165, 1.54) is 0 Å². The average molecular weight is 220 g/mol. The number of oxazole rings is 1. The van der Waals surface area contributed by atoms with Crippen LogP contribution in [0.3, 0.4) is 0 Å². The highest BCUT2D eigenvalue weighted by molar-refractivity contribution is 5.87. The molecule has 0 unspecified atom stereocenters. The summed E-state index contributed by atoms with van der Waals surface area (Å²) < 4.78 is 7.14. The second kappa shape index (κ2) is 3.84. The standard InChI is InChI=1S/C11H12N2O3/c1-7-8(2)16-10(12-7)6-13-4-3-9(5-13)11(14)15/h3-5H,6H2,1-2H3,(H,14,15). The molecule has 0 fully saturated rings. The molecule has 0 aromatic carbocycles. The van der Waals surface area contributed by atoms with E-state index in [2.05, 4.69) is 4.98 Å². The first-order chi connectivity index (χ1) is 7.56. The Kier molecular flexibility index (Phi) is 2.52. The fourth-order valence-electron chi connectivity index (χ4n) is 1.43. The second-order valence-electron chi connectivity index (χ2n) is 3.63. The van der Waals surface area contributed by atoms with Crippen molar-refractivity contribution in [2.24, 2.45) is 0 Å². The van der Waals surface area contributed by atoms with Crippen LogP contribution in [0.15, 0.2) is 22.9 Å². The smallest absolute Gasteiger partial charge is 0.337 e. The maximum atomic E-state index is 10.7. The third-order valence-electron chi connectivity index (χ3n) is 2.39. The van der Waals surface area contributed by atoms with Gasteiger partial charge in [0.1, 0.15) is 5.76 Å². The zero-order chi connectivity index (χ0) is 11.7. The zero-order valence-corrected chi connectivity index (χ0v) is 9.10. The van der Waals surface area contributed by atoms with Gasteiger partial charge in [0.25, 0.3) is 0 Å². The van der Waals surface area contributed by atoms with Crippen molar-refractivity contribution in [3.05, 3.63) is 41.4 Å². The average Bonchev–Trinajstić information content (AvgIpc) is 2.76. The Bertz CT molecular complexity index is 506. The molecule has 0 saturated heterocycles. The summed E-state index contributed by atoms with van der Waals surface area (Å²) in [6.45, 7) is 4.17. The van der Waals surface area contributed by atoms with E-state index in [1.54, 1.807) is 23.0 Å². The van der Waals surface area contributed by atoms with Crippen LogP contribution >= 0.6 is 0 Å². The number of aryl methyl sites for hydroxylation is 2. The lowest BCUT2D eigenvalue weighted by atomic mass is 10.4. The number of hydrogen-bond donors (Lipinski definition) is 1. The normalized spacial score (nSPS) is 10.6. The number of rotatable bonds is 3. The van der Waals surface area contributed by atoms with Gasteiger partial charge in [0.15, 0.2) is 0 Å². The fourth-order valence-corrected chi connectivity index (χ4v) is 1.43. The van der Waals surface area contributed by atoms with E-state index >= 15 is 0 Å². The molecule has 5 nitrogen and oxygen atoms in total. The summed E-state index contributed by atoms with van der Waals surface area (Å²) in [5.74, 6) is 0.446. The Morgan fingerprint density at radius 2 is 2.31 bits per heavy atom. The second-order valence-corrected chi connectivity index (χ2v) is 3.63. The quantitative estimate of drug-likeness (QED) is 0.856. The lowest BCUT2D eigenvalue weighted by Gasteiger charge is -1.96. The zero-order valence-electron chi connectivity index (χ0n) is 9.10. The molecule has 0 aliphatic rings. The van der Waals surface area contributed by atoms with Crippen LogP contribution in [-0.2, 0) is 6.54 Å². The van der Waals surface area contributed by atoms with Crippen molar-refractivity contribution >= 4 is 5.97 Å². The lowest BCUT2D eigenvalue weighted by molar-refractivity contribution is 0.0697. The van der Waals surface area contributed by atoms with E-state index in [1.807, 2.05) is 13.8 Å². The van der Waals surface area contributed by atoms with Crippen molar-refractivity contribution < 1.29 is 14.3 Å². The molecule has 0 radical (unpaired) electrons. The molecule has 1 N–H and O–H groups in total. The van der Waals surface area contributed by atoms with Crippen molar-refractivity contribution in [1.82, 2.24) is 9.55 Å². The molecule has 2 heterocycles. The van der Waals surface area contributed by atoms with E-state index in [4.69, 9.17) is 9.52 Å². The molecule has 0 bridgehead atoms. The highest BCUT2D eigenvalue weighted by Crippen LogP contribution is 2.10. The predicted molar refractivity (Wildman–Crippen MR) is 56.5 cm³/mol. The van der Waals surface area contributed by atoms with Crippen molar-refractivity contribution in [3.8, 4) is 0 Å². The van der Waals surface area contributed by atoms with Gasteiger partial charge in [-0.25, -0.2) is 9.78 Å². The molecule has 0 spiro atoms. The van der Waals surface area contributed by atoms with Crippen LogP contribution in [0.4, 0.5) is 0 Å². The Morgan fingerprint density at radius 3 is 2.81 bits per heavy atom. The van der Waals surface area contributed by atoms with Crippen LogP contribution in [-0.4, -0.2) is 20.6 Å². The number of nitrogens with zero attached hydrogens (tertiary/aromatic N) is 2. The van der Waals surface area contributed by atoms with E-state index < -0.39 is 5.97 Å². The summed E-state index contributed by atoms with van der Waals surface area (Å²) in [5.41, 5.74) is 1.13. The molecule has 16 heavy (non-hydrogen) atoms. The van der Waals surface area contributed by atoms with Gasteiger partial charge in [-0.3, -0.25) is 0 Å². The van der Waals surface area contributed by atoms with Gasteiger partial charge in [0.05, 0.1) is 17.8 Å². The maximum absolute atomic E-state index is 10.7. The summed E-state index contributed by atoms with van der Waals surface area (Å²) in [6.07, 6.45) is 3.25. The van der Waals surface area contributed by atoms with E-state index in [0.29, 0.717) is 12.4 Å². The van der Waals surface area contributed by atoms with Crippen LogP contribution in [0, 0.1) is 13.8 Å². The number of aromatic nitrogens is 2. The molecule has 5 heteroatoms. The van der Waals surface area contributed by atoms with Gasteiger partial charge in [-0.15, -0.1) is 0 Å². The Morgan fingerprint density at radius 1 is 1.56 bits per heavy atom. The van der Waals surface area contributed by atoms with Gasteiger partial charge in [-0.05, 0) is 19.9 Å². The fraction of sp³-hybridized carbons (Fsp3) is 0.273. The molecule has 84 valence electrons. The van der Waals surface area contributed by atoms with Crippen LogP contribution in [0.1, 0.15) is 27.7 Å². The minimum atomic E-state index is -0.932. The van der Waals surface area contributed by atoms with Crippen molar-refractivity contribution in [2.45, 2.75) is 20.4 Å². The monoisotopic (exact) mass is 220 g/mol. The molecule has 0 saturated carbocycles. The molecule has 2 rings (SSSR count). The van der Waals surface area contributed by atoms with Crippen LogP contribution in [0.2, 0.25) is 0 Å². The highest BCUT2D eigenvalue weighted by Gasteiger charge is 2.08. The largest absolute Gasteiger partial charge is 0.478 e. The van der Waals surface area contributed by atoms with E-state index in [0.717, 1.165) is 11.5 Å². The molecule has 0 aliphatic carbocycles. The third-order valence-corrected chi connectivity index (χ3v) is 2.39. The van der Waals surface area contributed by atoms with Gasteiger partial charge in [0.2, 0.25) is 5.89 Å². The Hall–Kier alpha value is -2.04. The highest BCUT2D eigenvalue weighted by atomic mass is 16.4. The first-order valence-electron chi connectivity index (χ1n) is 4.88. The van der Waals surface area contributed by atoms with Crippen LogP contribution in [0.25, 0.3) is 0 Å². The summed E-state index contributed by atoms with van der Waals surface area (Å²) in [6, 6.07) is 1.55. The van der Waals surface area contributed by atoms with Gasteiger partial charge in [0, 0.05) is 12.4 Å². The Balaban J connectivity index is 2.17. The summed E-state index contributed by atoms with van der Waals surface area (Å²) in [7, 11) is 0. The van der Waals surface area contributed by atoms with Gasteiger partial charge < -0.3 is 14.1 Å². The number of carboxylic acids is 1. The molecule has 0 amide bonds. The molecular weight excluding hydrogens is 208 g/mol. The van der Waals surface area contributed by atoms with Crippen LogP contribution in [0.5, 0.6) is 0 Å². The van der Waals surface area contributed by atoms with Crippen molar-refractivity contribution in [2.75, 3.05) is 0 Å². The summed E-state index contributed by atoms with van der Waals surface area (Å²) in [4.78, 5) is 14.9. The molecule has 0 aliphatic heterocycles. The van der Waals surface area contributed by atoms with E-state index in [-0.39, 0.29) is 5.56 Å². The third kappa shape index (κ3) is 1.98. The van der Waals surface area contributed by atoms with Gasteiger partial charge >= 0.3 is 5.97 Å². The minimum Gasteiger partial charge on any atom is -0.478 e. The topological polar surface area (TPSA) is 68.3 Å². The predicted octanol–water partition coefficient (Wildman–Crippen LogP) is 1.84. The van der Waals surface area contributed by atoms with Crippen LogP contribution < -0.4 is 0 Å². The SMILES string of the molecule is Cc1nc(Cn2ccc(C(=O)O)c2)oc1C. The van der Waals surface area contributed by atoms with Gasteiger partial charge in [-0.1, -0.05) is 0 Å². The summed E-state index contributed by atoms with van der Waals surface area (Å²) >= 11 is 0. The Labute approximate surface area is 92.3 Å². The van der Waals surface area contributed by atoms with E-state index in [9.17, 15) is 4.79 Å². The maximum Gasteiger partial charge on any atom is 0.337 e. The number of carbonyl (C=O) groups is 1. The lowest BCUT2D eigenvalue weighted by Crippen LogP contribution is -1.98. The van der Waals surface area contributed by atoms with Crippen molar-refractivity contribution in [3.63, 3.8) is 0 Å². The minimum absolute atomic E-state index is 0.264. The number of carboxylic acid groups (broad SMARTS) is 1. The summed E-state index contributed by atoms with van der Waals surface area (Å²) in [5, 5.41) is 8.76. The first kappa shape index (κ1) is 10.5. The van der Waals surface area contributed by atoms with Gasteiger partial charge in [-0.2, -0.15) is 0 Å². The molecule has 2 aromatic rings. The molecular formula is C11H12N2O3. The number of hydrogen-bond acceptors (Lipinski definition) is 3. The molecule has 0 atom stereocenters. The molecule has 2 aromatic heterocycles.